The fraction of sp³-hybridized carbons (Fsp3) is 1.00. The van der Waals surface area contributed by atoms with Gasteiger partial charge in [0.05, 0.1) is 0 Å². The molecule has 2 N–H and O–H groups in total. The molecule has 1 atom stereocenters. The van der Waals surface area contributed by atoms with Crippen LogP contribution in [0, 0.1) is 23.2 Å². The van der Waals surface area contributed by atoms with Crippen LogP contribution in [0.5, 0.6) is 0 Å². The predicted octanol–water partition coefficient (Wildman–Crippen LogP) is 2.55. The van der Waals surface area contributed by atoms with Gasteiger partial charge in [0, 0.05) is 6.04 Å². The summed E-state index contributed by atoms with van der Waals surface area (Å²) in [7, 11) is 0. The summed E-state index contributed by atoms with van der Waals surface area (Å²) >= 11 is 0. The van der Waals surface area contributed by atoms with Gasteiger partial charge in [0.1, 0.15) is 0 Å². The highest BCUT2D eigenvalue weighted by molar-refractivity contribution is 5.04. The lowest BCUT2D eigenvalue weighted by molar-refractivity contribution is -0.0637. The fourth-order valence-electron chi connectivity index (χ4n) is 4.74. The smallest absolute Gasteiger partial charge is 0.00673 e. The summed E-state index contributed by atoms with van der Waals surface area (Å²) in [6.45, 7) is 2.24. The van der Waals surface area contributed by atoms with Crippen molar-refractivity contribution < 1.29 is 0 Å². The van der Waals surface area contributed by atoms with Crippen molar-refractivity contribution in [1.29, 1.82) is 0 Å². The van der Waals surface area contributed by atoms with Crippen LogP contribution in [0.25, 0.3) is 0 Å². The molecule has 13 heavy (non-hydrogen) atoms. The summed E-state index contributed by atoms with van der Waals surface area (Å²) in [5, 5.41) is 0. The largest absolute Gasteiger partial charge is 0.327 e. The SMILES string of the molecule is CC(N)[C@]12C[C@H]3C[C@@H](C[C@H](C3)C1)C2. The molecule has 0 aromatic carbocycles. The molecule has 1 nitrogen and oxygen atoms in total. The molecular weight excluding hydrogens is 158 g/mol. The monoisotopic (exact) mass is 179 g/mol. The third-order valence-electron chi connectivity index (χ3n) is 5.05. The molecule has 1 heteroatoms. The Morgan fingerprint density at radius 3 is 1.69 bits per heavy atom. The minimum absolute atomic E-state index is 0.445. The Morgan fingerprint density at radius 2 is 1.38 bits per heavy atom. The van der Waals surface area contributed by atoms with Gasteiger partial charge in [0.25, 0.3) is 0 Å². The van der Waals surface area contributed by atoms with Crippen LogP contribution in [-0.4, -0.2) is 6.04 Å². The highest BCUT2D eigenvalue weighted by Gasteiger charge is 2.52. The fourth-order valence-corrected chi connectivity index (χ4v) is 4.74. The molecule has 0 saturated heterocycles. The maximum absolute atomic E-state index is 6.19. The van der Waals surface area contributed by atoms with Crippen molar-refractivity contribution in [2.24, 2.45) is 28.9 Å². The van der Waals surface area contributed by atoms with E-state index in [1.807, 2.05) is 0 Å². The Bertz CT molecular complexity index is 184. The molecule has 74 valence electrons. The number of rotatable bonds is 1. The molecular formula is C12H21N. The Morgan fingerprint density at radius 1 is 1.00 bits per heavy atom. The maximum atomic E-state index is 6.19. The van der Waals surface area contributed by atoms with Gasteiger partial charge in [-0.1, -0.05) is 0 Å². The molecule has 0 aliphatic heterocycles. The van der Waals surface area contributed by atoms with Crippen LogP contribution >= 0.6 is 0 Å². The molecule has 0 spiro atoms. The normalized spacial score (nSPS) is 55.4. The van der Waals surface area contributed by atoms with Gasteiger partial charge in [-0.25, -0.2) is 0 Å². The van der Waals surface area contributed by atoms with Gasteiger partial charge in [0.2, 0.25) is 0 Å². The van der Waals surface area contributed by atoms with Gasteiger partial charge in [-0.3, -0.25) is 0 Å². The van der Waals surface area contributed by atoms with E-state index in [2.05, 4.69) is 6.92 Å². The minimum Gasteiger partial charge on any atom is -0.327 e. The highest BCUT2D eigenvalue weighted by Crippen LogP contribution is 2.60. The van der Waals surface area contributed by atoms with Crippen molar-refractivity contribution >= 4 is 0 Å². The third kappa shape index (κ3) is 1.09. The van der Waals surface area contributed by atoms with E-state index in [4.69, 9.17) is 5.73 Å². The average Bonchev–Trinajstić information content (AvgIpc) is 2.00. The zero-order valence-electron chi connectivity index (χ0n) is 8.63. The topological polar surface area (TPSA) is 26.0 Å². The third-order valence-corrected chi connectivity index (χ3v) is 5.05. The van der Waals surface area contributed by atoms with Crippen LogP contribution in [0.3, 0.4) is 0 Å². The summed E-state index contributed by atoms with van der Waals surface area (Å²) < 4.78 is 0. The van der Waals surface area contributed by atoms with Gasteiger partial charge in [-0.15, -0.1) is 0 Å². The molecule has 0 heterocycles. The van der Waals surface area contributed by atoms with E-state index >= 15 is 0 Å². The van der Waals surface area contributed by atoms with Crippen molar-refractivity contribution in [3.8, 4) is 0 Å². The summed E-state index contributed by atoms with van der Waals surface area (Å²) in [6, 6.07) is 0.445. The van der Waals surface area contributed by atoms with E-state index in [1.165, 1.54) is 38.5 Å². The summed E-state index contributed by atoms with van der Waals surface area (Å²) in [5.74, 6) is 3.16. The lowest BCUT2D eigenvalue weighted by Gasteiger charge is -2.58. The molecule has 4 saturated carbocycles. The van der Waals surface area contributed by atoms with Gasteiger partial charge in [-0.2, -0.15) is 0 Å². The van der Waals surface area contributed by atoms with Gasteiger partial charge in [0.15, 0.2) is 0 Å². The van der Waals surface area contributed by atoms with Crippen molar-refractivity contribution in [3.63, 3.8) is 0 Å². The van der Waals surface area contributed by atoms with Gasteiger partial charge < -0.3 is 5.73 Å². The Hall–Kier alpha value is -0.0400. The first-order valence-electron chi connectivity index (χ1n) is 5.93. The minimum atomic E-state index is 0.445. The standard InChI is InChI=1S/C12H21N/c1-8(13)12-5-9-2-10(6-12)4-11(3-9)7-12/h8-11H,2-7,13H2,1H3/t8?,9-,10-,11-,12-. The van der Waals surface area contributed by atoms with Crippen LogP contribution in [-0.2, 0) is 0 Å². The Balaban J connectivity index is 1.91. The van der Waals surface area contributed by atoms with Crippen molar-refractivity contribution in [1.82, 2.24) is 0 Å². The molecule has 0 aromatic rings. The van der Waals surface area contributed by atoms with Gasteiger partial charge in [-0.05, 0) is 68.6 Å². The molecule has 0 amide bonds. The average molecular weight is 179 g/mol. The molecule has 4 rings (SSSR count). The van der Waals surface area contributed by atoms with E-state index in [-0.39, 0.29) is 0 Å². The van der Waals surface area contributed by atoms with Crippen LogP contribution in [0.15, 0.2) is 0 Å². The van der Waals surface area contributed by atoms with Crippen LogP contribution in [0.2, 0.25) is 0 Å². The molecule has 4 aliphatic rings. The molecule has 4 bridgehead atoms. The number of hydrogen-bond acceptors (Lipinski definition) is 1. The summed E-state index contributed by atoms with van der Waals surface area (Å²) in [5.41, 5.74) is 6.77. The lowest BCUT2D eigenvalue weighted by atomic mass is 9.48. The molecule has 1 unspecified atom stereocenters. The van der Waals surface area contributed by atoms with Gasteiger partial charge >= 0.3 is 0 Å². The lowest BCUT2D eigenvalue weighted by Crippen LogP contribution is -2.53. The molecule has 0 radical (unpaired) electrons. The second-order valence-corrected chi connectivity index (χ2v) is 6.07. The van der Waals surface area contributed by atoms with Crippen LogP contribution in [0.1, 0.15) is 45.4 Å². The molecule has 4 fully saturated rings. The molecule has 0 aromatic heterocycles. The summed E-state index contributed by atoms with van der Waals surface area (Å²) in [6.07, 6.45) is 8.97. The first-order chi connectivity index (χ1) is 6.18. The highest BCUT2D eigenvalue weighted by atomic mass is 14.7. The van der Waals surface area contributed by atoms with E-state index in [1.54, 1.807) is 0 Å². The molecule has 4 aliphatic carbocycles. The first-order valence-corrected chi connectivity index (χ1v) is 5.93. The zero-order valence-corrected chi connectivity index (χ0v) is 8.63. The zero-order chi connectivity index (χ0) is 9.05. The maximum Gasteiger partial charge on any atom is 0.00673 e. The predicted molar refractivity (Wildman–Crippen MR) is 54.3 cm³/mol. The van der Waals surface area contributed by atoms with Crippen molar-refractivity contribution in [3.05, 3.63) is 0 Å². The van der Waals surface area contributed by atoms with Crippen LogP contribution in [0.4, 0.5) is 0 Å². The summed E-state index contributed by atoms with van der Waals surface area (Å²) in [4.78, 5) is 0. The first kappa shape index (κ1) is 8.28. The van der Waals surface area contributed by atoms with E-state index < -0.39 is 0 Å². The Labute approximate surface area is 81.1 Å². The second-order valence-electron chi connectivity index (χ2n) is 6.07. The quantitative estimate of drug-likeness (QED) is 0.657. The van der Waals surface area contributed by atoms with Crippen molar-refractivity contribution in [2.75, 3.05) is 0 Å². The van der Waals surface area contributed by atoms with E-state index in [0.29, 0.717) is 11.5 Å². The van der Waals surface area contributed by atoms with Crippen LogP contribution < -0.4 is 5.73 Å². The number of nitrogens with two attached hydrogens (primary N) is 1. The van der Waals surface area contributed by atoms with E-state index in [0.717, 1.165) is 17.8 Å². The van der Waals surface area contributed by atoms with Crippen molar-refractivity contribution in [2.45, 2.75) is 51.5 Å². The van der Waals surface area contributed by atoms with E-state index in [9.17, 15) is 0 Å². The second kappa shape index (κ2) is 2.50. The number of hydrogen-bond donors (Lipinski definition) is 1. The Kier molecular flexibility index (Phi) is 1.59.